The van der Waals surface area contributed by atoms with Crippen LogP contribution in [0.1, 0.15) is 31.1 Å². The quantitative estimate of drug-likeness (QED) is 0.237. The molecule has 0 bridgehead atoms. The van der Waals surface area contributed by atoms with Crippen molar-refractivity contribution in [2.75, 3.05) is 17.1 Å². The third-order valence-electron chi connectivity index (χ3n) is 5.95. The molecule has 5 aromatic rings. The van der Waals surface area contributed by atoms with E-state index in [4.69, 9.17) is 4.98 Å². The van der Waals surface area contributed by atoms with Gasteiger partial charge in [0.05, 0.1) is 28.0 Å². The molecule has 0 saturated carbocycles. The van der Waals surface area contributed by atoms with Crippen molar-refractivity contribution in [3.63, 3.8) is 0 Å². The van der Waals surface area contributed by atoms with Crippen LogP contribution in [0.15, 0.2) is 66.0 Å². The van der Waals surface area contributed by atoms with Gasteiger partial charge in [-0.05, 0) is 36.4 Å². The largest absolute Gasteiger partial charge is 0.388 e. The van der Waals surface area contributed by atoms with Crippen LogP contribution in [0.5, 0.6) is 0 Å². The van der Waals surface area contributed by atoms with Gasteiger partial charge in [0.1, 0.15) is 5.52 Å². The van der Waals surface area contributed by atoms with Crippen LogP contribution in [0.25, 0.3) is 33.3 Å². The van der Waals surface area contributed by atoms with Gasteiger partial charge in [-0.25, -0.2) is 18.4 Å². The van der Waals surface area contributed by atoms with Crippen LogP contribution in [0, 0.1) is 5.41 Å². The Balaban J connectivity index is 1.60. The summed E-state index contributed by atoms with van der Waals surface area (Å²) in [7, 11) is -2.13. The van der Waals surface area contributed by atoms with Crippen LogP contribution in [-0.2, 0) is 10.0 Å². The maximum absolute atomic E-state index is 13.2. The van der Waals surface area contributed by atoms with Gasteiger partial charge in [0.15, 0.2) is 11.4 Å². The molecule has 0 aliphatic carbocycles. The molecule has 0 unspecified atom stereocenters. The topological polar surface area (TPSA) is 133 Å². The lowest BCUT2D eigenvalue weighted by Crippen LogP contribution is -2.20. The summed E-state index contributed by atoms with van der Waals surface area (Å²) in [5.74, 6) is -0.0442. The lowest BCUT2D eigenvalue weighted by molar-refractivity contribution is 0.0860. The fourth-order valence-electron chi connectivity index (χ4n) is 4.03. The lowest BCUT2D eigenvalue weighted by Gasteiger charge is -2.15. The fourth-order valence-corrected chi connectivity index (χ4v) is 5.15. The molecular formula is C26H26N6O3S. The zero-order chi connectivity index (χ0) is 25.7. The minimum atomic E-state index is -3.86. The molecule has 0 aliphatic rings. The Labute approximate surface area is 208 Å². The molecule has 9 nitrogen and oxygen atoms in total. The van der Waals surface area contributed by atoms with E-state index in [1.165, 1.54) is 0 Å². The molecule has 0 amide bonds. The number of nitrogens with one attached hydrogen (secondary N) is 4. The molecule has 10 heteroatoms. The Hall–Kier alpha value is -4.18. The molecule has 0 fully saturated rings. The highest BCUT2D eigenvalue weighted by Crippen LogP contribution is 2.33. The minimum absolute atomic E-state index is 0.0442. The Bertz CT molecular complexity index is 1730. The highest BCUT2D eigenvalue weighted by molar-refractivity contribution is 7.92. The van der Waals surface area contributed by atoms with Crippen molar-refractivity contribution in [3.8, 4) is 11.3 Å². The molecule has 36 heavy (non-hydrogen) atoms. The zero-order valence-corrected chi connectivity index (χ0v) is 21.1. The van der Waals surface area contributed by atoms with E-state index in [0.29, 0.717) is 44.7 Å². The molecule has 5 rings (SSSR count). The molecule has 184 valence electrons. The van der Waals surface area contributed by atoms with Crippen molar-refractivity contribution in [2.24, 2.45) is 5.41 Å². The smallest absolute Gasteiger partial charge is 0.261 e. The molecule has 0 aliphatic heterocycles. The van der Waals surface area contributed by atoms with Crippen LogP contribution in [-0.4, -0.2) is 41.2 Å². The van der Waals surface area contributed by atoms with Crippen molar-refractivity contribution < 1.29 is 13.2 Å². The van der Waals surface area contributed by atoms with Gasteiger partial charge in [0.2, 0.25) is 0 Å². The molecular weight excluding hydrogens is 476 g/mol. The van der Waals surface area contributed by atoms with Crippen LogP contribution in [0.3, 0.4) is 0 Å². The molecule has 2 aromatic carbocycles. The van der Waals surface area contributed by atoms with Gasteiger partial charge in [0.25, 0.3) is 10.0 Å². The van der Waals surface area contributed by atoms with Gasteiger partial charge in [-0.3, -0.25) is 9.52 Å². The Morgan fingerprint density at radius 1 is 1.06 bits per heavy atom. The first-order chi connectivity index (χ1) is 17.1. The maximum atomic E-state index is 13.2. The number of benzene rings is 2. The normalized spacial score (nSPS) is 12.2. The summed E-state index contributed by atoms with van der Waals surface area (Å²) in [4.78, 5) is 28.4. The number of rotatable bonds is 6. The summed E-state index contributed by atoms with van der Waals surface area (Å²) in [6, 6.07) is 12.0. The van der Waals surface area contributed by atoms with Crippen LogP contribution < -0.4 is 10.0 Å². The van der Waals surface area contributed by atoms with E-state index in [1.54, 1.807) is 56.0 Å². The summed E-state index contributed by atoms with van der Waals surface area (Å²) in [6.45, 7) is 5.57. The number of hydrogen-bond donors (Lipinski definition) is 4. The Morgan fingerprint density at radius 2 is 1.86 bits per heavy atom. The predicted molar refractivity (Wildman–Crippen MR) is 142 cm³/mol. The average Bonchev–Trinajstić information content (AvgIpc) is 3.49. The number of H-pyrrole nitrogens is 2. The number of nitrogens with zero attached hydrogens (tertiary/aromatic N) is 2. The molecule has 0 spiro atoms. The van der Waals surface area contributed by atoms with Crippen molar-refractivity contribution in [1.82, 2.24) is 19.9 Å². The number of fused-ring (bicyclic) bond motifs is 2. The lowest BCUT2D eigenvalue weighted by atomic mass is 9.87. The van der Waals surface area contributed by atoms with E-state index in [0.717, 1.165) is 5.52 Å². The van der Waals surface area contributed by atoms with E-state index >= 15 is 0 Å². The fraction of sp³-hybridized carbons (Fsp3) is 0.192. The van der Waals surface area contributed by atoms with Gasteiger partial charge >= 0.3 is 0 Å². The second-order valence-electron chi connectivity index (χ2n) is 9.58. The van der Waals surface area contributed by atoms with Crippen molar-refractivity contribution in [3.05, 3.63) is 66.6 Å². The van der Waals surface area contributed by atoms with E-state index in [1.807, 2.05) is 32.9 Å². The van der Waals surface area contributed by atoms with E-state index < -0.39 is 15.4 Å². The molecule has 3 heterocycles. The first-order valence-corrected chi connectivity index (χ1v) is 12.9. The molecule has 4 N–H and O–H groups in total. The predicted octanol–water partition coefficient (Wildman–Crippen LogP) is 5.18. The standard InChI is InChI=1S/C26H26N6O3S/c1-26(2,3)24(33)19-13-29-25-23(19)31-22(14-30-25)15-10-20-18(8-9-28-20)21(11-15)32-36(34,35)17-7-5-6-16(12-17)27-4/h5-14,27-28,32H,1-4H3,(H,29,30). The summed E-state index contributed by atoms with van der Waals surface area (Å²) in [5, 5.41) is 3.67. The molecule has 3 aromatic heterocycles. The number of Topliss-reactive ketones (excluding diaryl/α,β-unsaturated/α-hetero) is 1. The zero-order valence-electron chi connectivity index (χ0n) is 20.3. The van der Waals surface area contributed by atoms with Crippen LogP contribution >= 0.6 is 0 Å². The van der Waals surface area contributed by atoms with Gasteiger partial charge < -0.3 is 15.3 Å². The Morgan fingerprint density at radius 3 is 2.61 bits per heavy atom. The van der Waals surface area contributed by atoms with Gasteiger partial charge in [-0.1, -0.05) is 26.8 Å². The minimum Gasteiger partial charge on any atom is -0.388 e. The van der Waals surface area contributed by atoms with Crippen LogP contribution in [0.2, 0.25) is 0 Å². The third kappa shape index (κ3) is 4.20. The number of aromatic nitrogens is 4. The van der Waals surface area contributed by atoms with Crippen LogP contribution in [0.4, 0.5) is 11.4 Å². The van der Waals surface area contributed by atoms with Crippen molar-refractivity contribution in [1.29, 1.82) is 0 Å². The van der Waals surface area contributed by atoms with E-state index in [2.05, 4.69) is 25.0 Å². The summed E-state index contributed by atoms with van der Waals surface area (Å²) in [5.41, 5.74) is 3.87. The molecule has 0 saturated heterocycles. The second-order valence-corrected chi connectivity index (χ2v) is 11.3. The summed E-state index contributed by atoms with van der Waals surface area (Å²) < 4.78 is 29.2. The van der Waals surface area contributed by atoms with E-state index in [9.17, 15) is 13.2 Å². The highest BCUT2D eigenvalue weighted by atomic mass is 32.2. The number of hydrogen-bond acceptors (Lipinski definition) is 6. The third-order valence-corrected chi connectivity index (χ3v) is 7.31. The maximum Gasteiger partial charge on any atom is 0.261 e. The molecule has 0 radical (unpaired) electrons. The van der Waals surface area contributed by atoms with Gasteiger partial charge in [0, 0.05) is 47.0 Å². The van der Waals surface area contributed by atoms with Crippen molar-refractivity contribution in [2.45, 2.75) is 25.7 Å². The highest BCUT2D eigenvalue weighted by Gasteiger charge is 2.26. The number of ketones is 1. The first-order valence-electron chi connectivity index (χ1n) is 11.4. The monoisotopic (exact) mass is 502 g/mol. The average molecular weight is 503 g/mol. The van der Waals surface area contributed by atoms with E-state index in [-0.39, 0.29) is 10.7 Å². The second kappa shape index (κ2) is 8.49. The number of carbonyl (C=O) groups excluding carboxylic acids is 1. The number of aromatic amines is 2. The summed E-state index contributed by atoms with van der Waals surface area (Å²) in [6.07, 6.45) is 4.98. The number of carbonyl (C=O) groups is 1. The van der Waals surface area contributed by atoms with Gasteiger partial charge in [-0.15, -0.1) is 0 Å². The SMILES string of the molecule is CNc1cccc(S(=O)(=O)Nc2cc(-c3cnc4[nH]cc(C(=O)C(C)(C)C)c4n3)cc3[nH]ccc23)c1. The van der Waals surface area contributed by atoms with Crippen molar-refractivity contribution >= 4 is 49.2 Å². The summed E-state index contributed by atoms with van der Waals surface area (Å²) >= 11 is 0. The number of sulfonamides is 1. The molecule has 0 atom stereocenters. The first kappa shape index (κ1) is 23.6. The number of anilines is 2. The Kier molecular flexibility index (Phi) is 5.55. The van der Waals surface area contributed by atoms with Gasteiger partial charge in [-0.2, -0.15) is 0 Å².